The second-order valence-corrected chi connectivity index (χ2v) is 3.41. The Balaban J connectivity index is 2.19. The highest BCUT2D eigenvalue weighted by molar-refractivity contribution is 5.45. The first-order chi connectivity index (χ1) is 6.29. The zero-order chi connectivity index (χ0) is 9.26. The maximum Gasteiger partial charge on any atom is 0.126 e. The molecule has 1 aromatic heterocycles. The van der Waals surface area contributed by atoms with Crippen LogP contribution in [0.4, 0.5) is 5.82 Å². The van der Waals surface area contributed by atoms with Crippen LogP contribution in [0.5, 0.6) is 0 Å². The number of rotatable bonds is 2. The summed E-state index contributed by atoms with van der Waals surface area (Å²) in [5.74, 6) is 0.888. The Bertz CT molecular complexity index is 361. The summed E-state index contributed by atoms with van der Waals surface area (Å²) >= 11 is 0. The monoisotopic (exact) mass is 173 g/mol. The van der Waals surface area contributed by atoms with Crippen molar-refractivity contribution in [2.45, 2.75) is 25.8 Å². The maximum absolute atomic E-state index is 8.69. The fourth-order valence-corrected chi connectivity index (χ4v) is 1.19. The van der Waals surface area contributed by atoms with Crippen LogP contribution in [0.3, 0.4) is 0 Å². The summed E-state index contributed by atoms with van der Waals surface area (Å²) in [6.07, 6.45) is 4.10. The molecule has 1 aliphatic rings. The van der Waals surface area contributed by atoms with E-state index < -0.39 is 0 Å². The Labute approximate surface area is 77.4 Å². The van der Waals surface area contributed by atoms with Crippen molar-refractivity contribution in [3.05, 3.63) is 23.4 Å². The van der Waals surface area contributed by atoms with Gasteiger partial charge >= 0.3 is 0 Å². The van der Waals surface area contributed by atoms with Crippen molar-refractivity contribution in [3.63, 3.8) is 0 Å². The first kappa shape index (κ1) is 8.06. The molecule has 1 aliphatic carbocycles. The van der Waals surface area contributed by atoms with Gasteiger partial charge in [-0.05, 0) is 31.4 Å². The van der Waals surface area contributed by atoms with E-state index in [0.29, 0.717) is 11.6 Å². The quantitative estimate of drug-likeness (QED) is 0.742. The first-order valence-corrected chi connectivity index (χ1v) is 4.43. The number of aromatic nitrogens is 1. The van der Waals surface area contributed by atoms with E-state index in [1.165, 1.54) is 12.8 Å². The Kier molecular flexibility index (Phi) is 1.90. The van der Waals surface area contributed by atoms with Gasteiger partial charge in [0.1, 0.15) is 11.9 Å². The summed E-state index contributed by atoms with van der Waals surface area (Å²) in [6.45, 7) is 1.93. The van der Waals surface area contributed by atoms with E-state index >= 15 is 0 Å². The molecule has 13 heavy (non-hydrogen) atoms. The highest BCUT2D eigenvalue weighted by atomic mass is 15.0. The minimum absolute atomic E-state index is 0.611. The Morgan fingerprint density at radius 2 is 2.38 bits per heavy atom. The fraction of sp³-hybridized carbons (Fsp3) is 0.400. The first-order valence-electron chi connectivity index (χ1n) is 4.43. The Morgan fingerprint density at radius 3 is 2.92 bits per heavy atom. The highest BCUT2D eigenvalue weighted by Gasteiger charge is 2.21. The molecule has 0 bridgehead atoms. The third kappa shape index (κ3) is 1.78. The Morgan fingerprint density at radius 1 is 1.62 bits per heavy atom. The number of hydrogen-bond acceptors (Lipinski definition) is 3. The second kappa shape index (κ2) is 3.06. The third-order valence-electron chi connectivity index (χ3n) is 2.16. The molecule has 0 saturated heterocycles. The average Bonchev–Trinajstić information content (AvgIpc) is 2.89. The molecule has 1 fully saturated rings. The Hall–Kier alpha value is -1.56. The molecule has 3 heteroatoms. The molecule has 3 nitrogen and oxygen atoms in total. The largest absolute Gasteiger partial charge is 0.367 e. The predicted molar refractivity (Wildman–Crippen MR) is 50.3 cm³/mol. The number of aryl methyl sites for hydroxylation is 1. The average molecular weight is 173 g/mol. The molecule has 0 atom stereocenters. The molecule has 0 amide bonds. The normalized spacial score (nSPS) is 15.1. The summed E-state index contributed by atoms with van der Waals surface area (Å²) in [4.78, 5) is 4.16. The van der Waals surface area contributed by atoms with Gasteiger partial charge in [0.25, 0.3) is 0 Å². The smallest absolute Gasteiger partial charge is 0.126 e. The van der Waals surface area contributed by atoms with Crippen LogP contribution in [0.2, 0.25) is 0 Å². The summed E-state index contributed by atoms with van der Waals surface area (Å²) in [5, 5.41) is 12.0. The standard InChI is InChI=1S/C10H11N3/c1-7-4-10(13-9-2-3-9)12-6-8(7)5-11/h4,6,9H,2-3H2,1H3,(H,12,13). The SMILES string of the molecule is Cc1cc(NC2CC2)ncc1C#N. The molecule has 0 radical (unpaired) electrons. The van der Waals surface area contributed by atoms with Gasteiger partial charge in [0, 0.05) is 12.2 Å². The van der Waals surface area contributed by atoms with Gasteiger partial charge in [-0.3, -0.25) is 0 Å². The topological polar surface area (TPSA) is 48.7 Å². The van der Waals surface area contributed by atoms with Gasteiger partial charge in [-0.25, -0.2) is 4.98 Å². The zero-order valence-corrected chi connectivity index (χ0v) is 7.54. The zero-order valence-electron chi connectivity index (χ0n) is 7.54. The van der Waals surface area contributed by atoms with Crippen molar-refractivity contribution in [2.75, 3.05) is 5.32 Å². The number of anilines is 1. The van der Waals surface area contributed by atoms with Gasteiger partial charge in [0.15, 0.2) is 0 Å². The third-order valence-corrected chi connectivity index (χ3v) is 2.16. The van der Waals surface area contributed by atoms with E-state index in [1.807, 2.05) is 13.0 Å². The minimum Gasteiger partial charge on any atom is -0.367 e. The molecule has 0 unspecified atom stereocenters. The van der Waals surface area contributed by atoms with Crippen molar-refractivity contribution in [1.29, 1.82) is 5.26 Å². The maximum atomic E-state index is 8.69. The summed E-state index contributed by atoms with van der Waals surface area (Å²) in [5.41, 5.74) is 1.64. The molecule has 0 spiro atoms. The van der Waals surface area contributed by atoms with E-state index in [0.717, 1.165) is 11.4 Å². The molecule has 2 rings (SSSR count). The van der Waals surface area contributed by atoms with Crippen LogP contribution in [-0.2, 0) is 0 Å². The van der Waals surface area contributed by atoms with Crippen LogP contribution < -0.4 is 5.32 Å². The molecule has 66 valence electrons. The van der Waals surface area contributed by atoms with E-state index in [-0.39, 0.29) is 0 Å². The lowest BCUT2D eigenvalue weighted by Crippen LogP contribution is -2.03. The van der Waals surface area contributed by atoms with Crippen LogP contribution in [0.15, 0.2) is 12.3 Å². The van der Waals surface area contributed by atoms with E-state index in [4.69, 9.17) is 5.26 Å². The molecule has 1 aromatic rings. The molecular weight excluding hydrogens is 162 g/mol. The molecular formula is C10H11N3. The molecule has 1 heterocycles. The van der Waals surface area contributed by atoms with E-state index in [2.05, 4.69) is 16.4 Å². The summed E-state index contributed by atoms with van der Waals surface area (Å²) in [7, 11) is 0. The van der Waals surface area contributed by atoms with Crippen molar-refractivity contribution in [1.82, 2.24) is 4.98 Å². The highest BCUT2D eigenvalue weighted by Crippen LogP contribution is 2.24. The van der Waals surface area contributed by atoms with Crippen LogP contribution in [0, 0.1) is 18.3 Å². The van der Waals surface area contributed by atoms with Crippen molar-refractivity contribution < 1.29 is 0 Å². The molecule has 0 aromatic carbocycles. The number of hydrogen-bond donors (Lipinski definition) is 1. The van der Waals surface area contributed by atoms with Gasteiger partial charge in [-0.1, -0.05) is 0 Å². The van der Waals surface area contributed by atoms with Crippen LogP contribution in [0.25, 0.3) is 0 Å². The molecule has 0 aliphatic heterocycles. The molecule has 1 saturated carbocycles. The minimum atomic E-state index is 0.611. The van der Waals surface area contributed by atoms with Crippen LogP contribution in [-0.4, -0.2) is 11.0 Å². The van der Waals surface area contributed by atoms with E-state index in [1.54, 1.807) is 6.20 Å². The van der Waals surface area contributed by atoms with Crippen molar-refractivity contribution in [2.24, 2.45) is 0 Å². The second-order valence-electron chi connectivity index (χ2n) is 3.41. The van der Waals surface area contributed by atoms with Crippen LogP contribution >= 0.6 is 0 Å². The number of nitrogens with one attached hydrogen (secondary N) is 1. The van der Waals surface area contributed by atoms with Gasteiger partial charge in [0.2, 0.25) is 0 Å². The van der Waals surface area contributed by atoms with Crippen LogP contribution in [0.1, 0.15) is 24.0 Å². The lowest BCUT2D eigenvalue weighted by Gasteiger charge is -2.04. The van der Waals surface area contributed by atoms with Gasteiger partial charge in [0.05, 0.1) is 5.56 Å². The number of pyridine rings is 1. The van der Waals surface area contributed by atoms with Crippen molar-refractivity contribution in [3.8, 4) is 6.07 Å². The van der Waals surface area contributed by atoms with E-state index in [9.17, 15) is 0 Å². The van der Waals surface area contributed by atoms with Gasteiger partial charge in [-0.2, -0.15) is 5.26 Å². The predicted octanol–water partition coefficient (Wildman–Crippen LogP) is 1.84. The lowest BCUT2D eigenvalue weighted by atomic mass is 10.2. The molecule has 1 N–H and O–H groups in total. The fourth-order valence-electron chi connectivity index (χ4n) is 1.19. The van der Waals surface area contributed by atoms with Gasteiger partial charge in [-0.15, -0.1) is 0 Å². The van der Waals surface area contributed by atoms with Gasteiger partial charge < -0.3 is 5.32 Å². The number of nitriles is 1. The lowest BCUT2D eigenvalue weighted by molar-refractivity contribution is 1.10. The number of nitrogens with zero attached hydrogens (tertiary/aromatic N) is 2. The summed E-state index contributed by atoms with van der Waals surface area (Å²) in [6, 6.07) is 4.64. The van der Waals surface area contributed by atoms with Crippen molar-refractivity contribution >= 4 is 5.82 Å². The summed E-state index contributed by atoms with van der Waals surface area (Å²) < 4.78 is 0.